The molecule has 0 fully saturated rings. The minimum Gasteiger partial charge on any atom is -0.383 e. The summed E-state index contributed by atoms with van der Waals surface area (Å²) in [6.45, 7) is 12.0. The SMILES string of the molecule is CCC(C)N(CCOC)CC(NC)C(C)C. The van der Waals surface area contributed by atoms with Crippen molar-refractivity contribution in [1.82, 2.24) is 10.2 Å². The zero-order valence-corrected chi connectivity index (χ0v) is 11.9. The lowest BCUT2D eigenvalue weighted by Gasteiger charge is -2.33. The molecular weight excluding hydrogens is 200 g/mol. The van der Waals surface area contributed by atoms with Crippen molar-refractivity contribution in [3.05, 3.63) is 0 Å². The molecule has 0 saturated carbocycles. The quantitative estimate of drug-likeness (QED) is 0.655. The van der Waals surface area contributed by atoms with Gasteiger partial charge >= 0.3 is 0 Å². The van der Waals surface area contributed by atoms with E-state index in [0.717, 1.165) is 19.7 Å². The molecular formula is C13H30N2O. The zero-order valence-electron chi connectivity index (χ0n) is 11.9. The van der Waals surface area contributed by atoms with Gasteiger partial charge in [0, 0.05) is 32.3 Å². The molecule has 0 bridgehead atoms. The van der Waals surface area contributed by atoms with E-state index in [9.17, 15) is 0 Å². The maximum absolute atomic E-state index is 5.18. The van der Waals surface area contributed by atoms with Crippen LogP contribution in [0, 0.1) is 5.92 Å². The highest BCUT2D eigenvalue weighted by atomic mass is 16.5. The molecule has 0 heterocycles. The number of hydrogen-bond donors (Lipinski definition) is 1. The molecule has 98 valence electrons. The summed E-state index contributed by atoms with van der Waals surface area (Å²) in [7, 11) is 3.82. The Morgan fingerprint density at radius 1 is 1.25 bits per heavy atom. The molecule has 0 aromatic carbocycles. The smallest absolute Gasteiger partial charge is 0.0589 e. The lowest BCUT2D eigenvalue weighted by Crippen LogP contribution is -2.47. The van der Waals surface area contributed by atoms with Crippen molar-refractivity contribution in [1.29, 1.82) is 0 Å². The fourth-order valence-electron chi connectivity index (χ4n) is 1.85. The van der Waals surface area contributed by atoms with Crippen LogP contribution in [0.25, 0.3) is 0 Å². The Bertz CT molecular complexity index is 162. The third-order valence-electron chi connectivity index (χ3n) is 3.40. The largest absolute Gasteiger partial charge is 0.383 e. The van der Waals surface area contributed by atoms with E-state index in [1.807, 2.05) is 0 Å². The second-order valence-corrected chi connectivity index (χ2v) is 4.88. The molecule has 0 aliphatic carbocycles. The van der Waals surface area contributed by atoms with E-state index < -0.39 is 0 Å². The Morgan fingerprint density at radius 3 is 2.25 bits per heavy atom. The average molecular weight is 230 g/mol. The molecule has 0 aliphatic heterocycles. The van der Waals surface area contributed by atoms with Crippen molar-refractivity contribution in [3.8, 4) is 0 Å². The number of likely N-dealkylation sites (N-methyl/N-ethyl adjacent to an activating group) is 1. The Labute approximate surface area is 102 Å². The summed E-state index contributed by atoms with van der Waals surface area (Å²) in [5.41, 5.74) is 0. The Balaban J connectivity index is 4.27. The lowest BCUT2D eigenvalue weighted by atomic mass is 10.0. The average Bonchev–Trinajstić information content (AvgIpc) is 2.28. The van der Waals surface area contributed by atoms with Gasteiger partial charge in [0.05, 0.1) is 6.61 Å². The van der Waals surface area contributed by atoms with Gasteiger partial charge in [-0.1, -0.05) is 20.8 Å². The van der Waals surface area contributed by atoms with Crippen LogP contribution in [0.4, 0.5) is 0 Å². The molecule has 2 atom stereocenters. The maximum Gasteiger partial charge on any atom is 0.0589 e. The van der Waals surface area contributed by atoms with E-state index >= 15 is 0 Å². The molecule has 0 radical (unpaired) electrons. The summed E-state index contributed by atoms with van der Waals surface area (Å²) < 4.78 is 5.18. The Kier molecular flexibility index (Phi) is 8.90. The van der Waals surface area contributed by atoms with E-state index in [1.54, 1.807) is 7.11 Å². The first-order valence-corrected chi connectivity index (χ1v) is 6.47. The molecule has 16 heavy (non-hydrogen) atoms. The Morgan fingerprint density at radius 2 is 1.88 bits per heavy atom. The van der Waals surface area contributed by atoms with Gasteiger partial charge in [0.25, 0.3) is 0 Å². The second-order valence-electron chi connectivity index (χ2n) is 4.88. The standard InChI is InChI=1S/C13H30N2O/c1-7-12(4)15(8-9-16-6)10-13(14-5)11(2)3/h11-14H,7-10H2,1-6H3. The molecule has 3 heteroatoms. The number of nitrogens with zero attached hydrogens (tertiary/aromatic N) is 1. The van der Waals surface area contributed by atoms with Gasteiger partial charge in [0.1, 0.15) is 0 Å². The number of ether oxygens (including phenoxy) is 1. The third kappa shape index (κ3) is 5.83. The minimum atomic E-state index is 0.561. The summed E-state index contributed by atoms with van der Waals surface area (Å²) in [6, 6.07) is 1.19. The summed E-state index contributed by atoms with van der Waals surface area (Å²) in [5, 5.41) is 3.40. The molecule has 0 rings (SSSR count). The van der Waals surface area contributed by atoms with Gasteiger partial charge in [-0.15, -0.1) is 0 Å². The zero-order chi connectivity index (χ0) is 12.6. The molecule has 0 aromatic heterocycles. The van der Waals surface area contributed by atoms with E-state index in [0.29, 0.717) is 18.0 Å². The molecule has 3 nitrogen and oxygen atoms in total. The number of rotatable bonds is 9. The highest BCUT2D eigenvalue weighted by Crippen LogP contribution is 2.09. The van der Waals surface area contributed by atoms with Crippen molar-refractivity contribution < 1.29 is 4.74 Å². The normalized spacial score (nSPS) is 15.8. The van der Waals surface area contributed by atoms with Gasteiger partial charge in [-0.2, -0.15) is 0 Å². The van der Waals surface area contributed by atoms with Crippen molar-refractivity contribution >= 4 is 0 Å². The van der Waals surface area contributed by atoms with Crippen LogP contribution in [0.1, 0.15) is 34.1 Å². The third-order valence-corrected chi connectivity index (χ3v) is 3.40. The number of hydrogen-bond acceptors (Lipinski definition) is 3. The van der Waals surface area contributed by atoms with Crippen LogP contribution in [0.5, 0.6) is 0 Å². The molecule has 0 amide bonds. The number of methoxy groups -OCH3 is 1. The number of nitrogens with one attached hydrogen (secondary N) is 1. The van der Waals surface area contributed by atoms with Gasteiger partial charge in [0.15, 0.2) is 0 Å². The molecule has 0 aliphatic rings. The van der Waals surface area contributed by atoms with Crippen molar-refractivity contribution in [3.63, 3.8) is 0 Å². The van der Waals surface area contributed by atoms with Crippen LogP contribution in [0.15, 0.2) is 0 Å². The first-order chi connectivity index (χ1) is 7.56. The van der Waals surface area contributed by atoms with E-state index in [-0.39, 0.29) is 0 Å². The van der Waals surface area contributed by atoms with Crippen molar-refractivity contribution in [2.24, 2.45) is 5.92 Å². The lowest BCUT2D eigenvalue weighted by molar-refractivity contribution is 0.109. The molecule has 2 unspecified atom stereocenters. The van der Waals surface area contributed by atoms with E-state index in [1.165, 1.54) is 6.42 Å². The van der Waals surface area contributed by atoms with Crippen LogP contribution in [0.3, 0.4) is 0 Å². The van der Waals surface area contributed by atoms with E-state index in [4.69, 9.17) is 4.74 Å². The van der Waals surface area contributed by atoms with E-state index in [2.05, 4.69) is 45.0 Å². The van der Waals surface area contributed by atoms with Crippen LogP contribution in [-0.2, 0) is 4.74 Å². The second kappa shape index (κ2) is 8.97. The minimum absolute atomic E-state index is 0.561. The molecule has 0 saturated heterocycles. The van der Waals surface area contributed by atoms with Crippen molar-refractivity contribution in [2.75, 3.05) is 33.9 Å². The first-order valence-electron chi connectivity index (χ1n) is 6.47. The van der Waals surface area contributed by atoms with Crippen LogP contribution >= 0.6 is 0 Å². The highest BCUT2D eigenvalue weighted by Gasteiger charge is 2.18. The van der Waals surface area contributed by atoms with Crippen LogP contribution in [-0.4, -0.2) is 50.8 Å². The van der Waals surface area contributed by atoms with Crippen LogP contribution in [0.2, 0.25) is 0 Å². The first kappa shape index (κ1) is 15.9. The Hall–Kier alpha value is -0.120. The maximum atomic E-state index is 5.18. The summed E-state index contributed by atoms with van der Waals surface area (Å²) in [4.78, 5) is 2.52. The predicted molar refractivity (Wildman–Crippen MR) is 70.9 cm³/mol. The van der Waals surface area contributed by atoms with Crippen LogP contribution < -0.4 is 5.32 Å². The van der Waals surface area contributed by atoms with Gasteiger partial charge in [-0.25, -0.2) is 0 Å². The highest BCUT2D eigenvalue weighted by molar-refractivity contribution is 4.76. The van der Waals surface area contributed by atoms with Crippen molar-refractivity contribution in [2.45, 2.75) is 46.2 Å². The molecule has 0 aromatic rings. The van der Waals surface area contributed by atoms with Gasteiger partial charge in [-0.05, 0) is 26.3 Å². The fraction of sp³-hybridized carbons (Fsp3) is 1.00. The summed E-state index contributed by atoms with van der Waals surface area (Å²) in [6.07, 6.45) is 1.19. The topological polar surface area (TPSA) is 24.5 Å². The summed E-state index contributed by atoms with van der Waals surface area (Å²) in [5.74, 6) is 0.666. The molecule has 0 spiro atoms. The summed E-state index contributed by atoms with van der Waals surface area (Å²) >= 11 is 0. The molecule has 1 N–H and O–H groups in total. The van der Waals surface area contributed by atoms with Gasteiger partial charge in [0.2, 0.25) is 0 Å². The fourth-order valence-corrected chi connectivity index (χ4v) is 1.85. The van der Waals surface area contributed by atoms with Gasteiger partial charge < -0.3 is 10.1 Å². The predicted octanol–water partition coefficient (Wildman–Crippen LogP) is 1.98. The van der Waals surface area contributed by atoms with Gasteiger partial charge in [-0.3, -0.25) is 4.90 Å². The monoisotopic (exact) mass is 230 g/mol.